The fourth-order valence-corrected chi connectivity index (χ4v) is 8.85. The first kappa shape index (κ1) is 39.1. The van der Waals surface area contributed by atoms with Crippen LogP contribution in [0.15, 0.2) is 53.5 Å². The minimum absolute atomic E-state index is 0.0164. The van der Waals surface area contributed by atoms with Gasteiger partial charge in [0.1, 0.15) is 17.9 Å². The molecule has 0 bridgehead atoms. The molecular weight excluding hydrogens is 702 g/mol. The molecule has 3 aliphatic rings. The van der Waals surface area contributed by atoms with E-state index in [1.807, 2.05) is 37.4 Å². The van der Waals surface area contributed by atoms with E-state index in [1.165, 1.54) is 0 Å². The van der Waals surface area contributed by atoms with Crippen molar-refractivity contribution in [3.05, 3.63) is 86.4 Å². The predicted molar refractivity (Wildman–Crippen MR) is 212 cm³/mol. The van der Waals surface area contributed by atoms with Crippen molar-refractivity contribution in [2.75, 3.05) is 50.7 Å². The molecule has 13 heteroatoms. The highest BCUT2D eigenvalue weighted by atomic mass is 35.5. The number of hydrogen-bond donors (Lipinski definition) is 2. The molecule has 7 rings (SSSR count). The van der Waals surface area contributed by atoms with E-state index in [0.717, 1.165) is 105 Å². The quantitative estimate of drug-likeness (QED) is 0.213. The first-order chi connectivity index (χ1) is 25.7. The van der Waals surface area contributed by atoms with Crippen LogP contribution in [-0.2, 0) is 13.0 Å². The number of rotatable bonds is 9. The first-order valence-corrected chi connectivity index (χ1v) is 19.3. The van der Waals surface area contributed by atoms with Gasteiger partial charge in [0.05, 0.1) is 21.6 Å². The van der Waals surface area contributed by atoms with Crippen molar-refractivity contribution in [1.29, 1.82) is 5.26 Å². The Hall–Kier alpha value is -4.57. The lowest BCUT2D eigenvalue weighted by molar-refractivity contribution is -0.133. The summed E-state index contributed by atoms with van der Waals surface area (Å²) >= 11 is 6.01. The van der Waals surface area contributed by atoms with Gasteiger partial charge in [-0.15, -0.1) is 10.2 Å². The number of carbonyl (C=O) groups excluding carboxylic acids is 1. The van der Waals surface area contributed by atoms with Crippen LogP contribution in [-0.4, -0.2) is 87.8 Å². The van der Waals surface area contributed by atoms with E-state index in [0.29, 0.717) is 22.9 Å². The Morgan fingerprint density at radius 1 is 1.00 bits per heavy atom. The summed E-state index contributed by atoms with van der Waals surface area (Å²) in [5.74, 6) is 1.68. The molecule has 0 radical (unpaired) electrons. The second-order valence-electron chi connectivity index (χ2n) is 16.3. The number of anilines is 1. The van der Waals surface area contributed by atoms with Gasteiger partial charge >= 0.3 is 0 Å². The number of piperazine rings is 1. The average molecular weight is 754 g/mol. The molecule has 54 heavy (non-hydrogen) atoms. The van der Waals surface area contributed by atoms with E-state index < -0.39 is 5.91 Å². The molecule has 3 N–H and O–H groups in total. The van der Waals surface area contributed by atoms with Gasteiger partial charge in [0, 0.05) is 81.0 Å². The van der Waals surface area contributed by atoms with Gasteiger partial charge in [-0.05, 0) is 73.6 Å². The third kappa shape index (κ3) is 9.20. The monoisotopic (exact) mass is 753 g/mol. The number of aryl methyl sites for hydroxylation is 1. The van der Waals surface area contributed by atoms with Gasteiger partial charge in [-0.3, -0.25) is 19.5 Å². The number of aromatic nitrogens is 4. The molecule has 12 nitrogen and oxygen atoms in total. The molecule has 5 heterocycles. The van der Waals surface area contributed by atoms with Crippen molar-refractivity contribution in [3.8, 4) is 11.8 Å². The highest BCUT2D eigenvalue weighted by molar-refractivity contribution is 6.31. The van der Waals surface area contributed by atoms with Crippen LogP contribution < -0.4 is 20.9 Å². The molecule has 2 aliphatic heterocycles. The number of carbonyl (C=O) groups is 1. The number of amides is 1. The van der Waals surface area contributed by atoms with E-state index in [4.69, 9.17) is 27.3 Å². The lowest BCUT2D eigenvalue weighted by Crippen LogP contribution is -2.58. The molecule has 3 fully saturated rings. The van der Waals surface area contributed by atoms with Gasteiger partial charge in [0.15, 0.2) is 11.5 Å². The molecule has 1 aromatic carbocycles. The minimum Gasteiger partial charge on any atom is -0.489 e. The van der Waals surface area contributed by atoms with Crippen molar-refractivity contribution in [1.82, 2.24) is 30.0 Å². The molecule has 286 valence electrons. The van der Waals surface area contributed by atoms with Crippen LogP contribution in [0.25, 0.3) is 11.0 Å². The lowest BCUT2D eigenvalue weighted by atomic mass is 9.53. The fraction of sp³-hybridized carbons (Fsp3) is 0.512. The molecule has 0 unspecified atom stereocenters. The van der Waals surface area contributed by atoms with E-state index >= 15 is 0 Å². The SMILES string of the molecule is CC1(C)CC(C)(C)C1Oc1ccc(C#N)c(Cl)c1.CCc1cc2ncc(CN3CCN(CC4CCN(c5ccc(C(N)=O)nn5)CC4)CC3)cc2[nH]c1=O. The maximum atomic E-state index is 12.2. The summed E-state index contributed by atoms with van der Waals surface area (Å²) < 4.78 is 6.07. The van der Waals surface area contributed by atoms with E-state index in [1.54, 1.807) is 18.2 Å². The molecule has 1 amide bonds. The Morgan fingerprint density at radius 2 is 1.70 bits per heavy atom. The van der Waals surface area contributed by atoms with Gasteiger partial charge in [0.2, 0.25) is 0 Å². The Kier molecular flexibility index (Phi) is 11.9. The lowest BCUT2D eigenvalue weighted by Gasteiger charge is -2.56. The zero-order valence-corrected chi connectivity index (χ0v) is 32.8. The van der Waals surface area contributed by atoms with Crippen LogP contribution in [0.1, 0.15) is 81.1 Å². The van der Waals surface area contributed by atoms with Gasteiger partial charge < -0.3 is 25.3 Å². The summed E-state index contributed by atoms with van der Waals surface area (Å²) in [6.45, 7) is 18.9. The number of nitrogens with zero attached hydrogens (tertiary/aromatic N) is 7. The van der Waals surface area contributed by atoms with Crippen molar-refractivity contribution >= 4 is 34.4 Å². The Morgan fingerprint density at radius 3 is 2.30 bits per heavy atom. The first-order valence-electron chi connectivity index (χ1n) is 18.9. The van der Waals surface area contributed by atoms with Crippen molar-refractivity contribution in [3.63, 3.8) is 0 Å². The van der Waals surface area contributed by atoms with Crippen LogP contribution in [0.5, 0.6) is 5.75 Å². The molecule has 4 aromatic rings. The molecule has 0 spiro atoms. The largest absolute Gasteiger partial charge is 0.489 e. The third-order valence-corrected chi connectivity index (χ3v) is 11.4. The Balaban J connectivity index is 0.000000232. The van der Waals surface area contributed by atoms with Crippen LogP contribution in [0.2, 0.25) is 5.02 Å². The van der Waals surface area contributed by atoms with Crippen molar-refractivity contribution in [2.24, 2.45) is 22.5 Å². The second-order valence-corrected chi connectivity index (χ2v) is 16.7. The predicted octanol–water partition coefficient (Wildman–Crippen LogP) is 5.82. The summed E-state index contributed by atoms with van der Waals surface area (Å²) in [6.07, 6.45) is 6.22. The van der Waals surface area contributed by atoms with Crippen LogP contribution in [0, 0.1) is 28.1 Å². The number of primary amides is 1. The summed E-state index contributed by atoms with van der Waals surface area (Å²) in [5, 5.41) is 17.4. The number of fused-ring (bicyclic) bond motifs is 1. The topological polar surface area (TPSA) is 157 Å². The number of piperidine rings is 1. The maximum Gasteiger partial charge on any atom is 0.269 e. The summed E-state index contributed by atoms with van der Waals surface area (Å²) in [4.78, 5) is 38.2. The van der Waals surface area contributed by atoms with E-state index in [2.05, 4.69) is 68.6 Å². The van der Waals surface area contributed by atoms with Gasteiger partial charge in [-0.25, -0.2) is 0 Å². The van der Waals surface area contributed by atoms with Crippen LogP contribution >= 0.6 is 11.6 Å². The number of hydrogen-bond acceptors (Lipinski definition) is 10. The van der Waals surface area contributed by atoms with Crippen LogP contribution in [0.3, 0.4) is 0 Å². The maximum absolute atomic E-state index is 12.2. The molecular formula is C41H52ClN9O3. The van der Waals surface area contributed by atoms with Crippen LogP contribution in [0.4, 0.5) is 5.82 Å². The summed E-state index contributed by atoms with van der Waals surface area (Å²) in [6, 6.07) is 14.7. The number of halogens is 1. The van der Waals surface area contributed by atoms with Crippen molar-refractivity contribution in [2.45, 2.75) is 73.0 Å². The van der Waals surface area contributed by atoms with E-state index in [9.17, 15) is 9.59 Å². The van der Waals surface area contributed by atoms with Gasteiger partial charge in [-0.1, -0.05) is 46.2 Å². The smallest absolute Gasteiger partial charge is 0.269 e. The minimum atomic E-state index is -0.552. The summed E-state index contributed by atoms with van der Waals surface area (Å²) in [5.41, 5.74) is 9.86. The number of pyridine rings is 2. The standard InChI is InChI=1S/C26H34N8O2.C15H18ClNO/c1-2-20-14-22-23(29-26(20)36)13-19(15-28-22)17-33-11-9-32(10-12-33)16-18-5-7-34(8-6-18)24-4-3-21(25(27)35)30-31-24;1-14(2)9-15(3,4)13(14)18-11-6-5-10(8-17)12(16)7-11/h3-4,13-15,18H,2,5-12,16-17H2,1H3,(H2,27,35)(H,29,36);5-7,13H,9H2,1-4H3. The molecule has 0 atom stereocenters. The number of nitriles is 1. The molecule has 1 saturated carbocycles. The van der Waals surface area contributed by atoms with Gasteiger partial charge in [0.25, 0.3) is 11.5 Å². The number of aromatic amines is 1. The fourth-order valence-electron chi connectivity index (χ4n) is 8.64. The number of nitrogens with one attached hydrogen (secondary N) is 1. The van der Waals surface area contributed by atoms with Crippen molar-refractivity contribution < 1.29 is 9.53 Å². The Bertz CT molecular complexity index is 2030. The third-order valence-electron chi connectivity index (χ3n) is 11.1. The zero-order chi connectivity index (χ0) is 38.6. The molecule has 3 aromatic heterocycles. The number of ether oxygens (including phenoxy) is 1. The average Bonchev–Trinajstić information content (AvgIpc) is 3.14. The highest BCUT2D eigenvalue weighted by Crippen LogP contribution is 2.55. The number of H-pyrrole nitrogens is 1. The molecule has 2 saturated heterocycles. The van der Waals surface area contributed by atoms with Gasteiger partial charge in [-0.2, -0.15) is 5.26 Å². The Labute approximate surface area is 322 Å². The number of benzene rings is 1. The highest BCUT2D eigenvalue weighted by Gasteiger charge is 2.54. The number of nitrogens with two attached hydrogens (primary N) is 1. The summed E-state index contributed by atoms with van der Waals surface area (Å²) in [7, 11) is 0. The molecule has 1 aliphatic carbocycles. The zero-order valence-electron chi connectivity index (χ0n) is 32.1. The normalized spacial score (nSPS) is 19.0. The second kappa shape index (κ2) is 16.4. The van der Waals surface area contributed by atoms with E-state index in [-0.39, 0.29) is 28.2 Å².